The molecule has 2 rings (SSSR count). The standard InChI is InChI=1S/C11H10ClFN2/c1-8-5-15(7-14-8)6-9-3-2-4-10(12)11(9)13/h2-5,7H,6H2,1H3. The van der Waals surface area contributed by atoms with Crippen LogP contribution in [0.5, 0.6) is 0 Å². The number of halogens is 2. The molecule has 0 aliphatic carbocycles. The highest BCUT2D eigenvalue weighted by atomic mass is 35.5. The van der Waals surface area contributed by atoms with Gasteiger partial charge in [-0.1, -0.05) is 23.7 Å². The maximum Gasteiger partial charge on any atom is 0.146 e. The summed E-state index contributed by atoms with van der Waals surface area (Å²) in [7, 11) is 0. The lowest BCUT2D eigenvalue weighted by molar-refractivity contribution is 0.600. The second kappa shape index (κ2) is 4.03. The van der Waals surface area contributed by atoms with E-state index < -0.39 is 0 Å². The largest absolute Gasteiger partial charge is 0.333 e. The van der Waals surface area contributed by atoms with Gasteiger partial charge in [-0.05, 0) is 13.0 Å². The SMILES string of the molecule is Cc1cn(Cc2cccc(Cl)c2F)cn1. The van der Waals surface area contributed by atoms with Gasteiger partial charge in [0.25, 0.3) is 0 Å². The zero-order valence-corrected chi connectivity index (χ0v) is 9.00. The van der Waals surface area contributed by atoms with Crippen LogP contribution in [0.4, 0.5) is 4.39 Å². The number of hydrogen-bond acceptors (Lipinski definition) is 1. The summed E-state index contributed by atoms with van der Waals surface area (Å²) in [5, 5.41) is 0.157. The van der Waals surface area contributed by atoms with E-state index in [1.54, 1.807) is 24.5 Å². The van der Waals surface area contributed by atoms with Crippen LogP contribution in [0.15, 0.2) is 30.7 Å². The molecule has 0 spiro atoms. The van der Waals surface area contributed by atoms with Crippen molar-refractivity contribution in [1.82, 2.24) is 9.55 Å². The van der Waals surface area contributed by atoms with Crippen LogP contribution in [0.2, 0.25) is 5.02 Å². The van der Waals surface area contributed by atoms with E-state index in [4.69, 9.17) is 11.6 Å². The second-order valence-electron chi connectivity index (χ2n) is 3.40. The average Bonchev–Trinajstić information content (AvgIpc) is 2.59. The highest BCUT2D eigenvalue weighted by Gasteiger charge is 2.06. The molecule has 2 nitrogen and oxygen atoms in total. The van der Waals surface area contributed by atoms with Crippen molar-refractivity contribution in [3.63, 3.8) is 0 Å². The van der Waals surface area contributed by atoms with Gasteiger partial charge in [0.15, 0.2) is 0 Å². The quantitative estimate of drug-likeness (QED) is 0.767. The minimum absolute atomic E-state index is 0.157. The molecule has 0 unspecified atom stereocenters. The Morgan fingerprint density at radius 3 is 2.93 bits per heavy atom. The minimum atomic E-state index is -0.356. The summed E-state index contributed by atoms with van der Waals surface area (Å²) in [6.45, 7) is 2.35. The van der Waals surface area contributed by atoms with Gasteiger partial charge in [-0.25, -0.2) is 9.37 Å². The summed E-state index contributed by atoms with van der Waals surface area (Å²) < 4.78 is 15.4. The fourth-order valence-corrected chi connectivity index (χ4v) is 1.62. The van der Waals surface area contributed by atoms with Crippen LogP contribution in [0.25, 0.3) is 0 Å². The number of nitrogens with zero attached hydrogens (tertiary/aromatic N) is 2. The zero-order valence-electron chi connectivity index (χ0n) is 8.24. The van der Waals surface area contributed by atoms with E-state index in [-0.39, 0.29) is 10.8 Å². The molecule has 0 atom stereocenters. The topological polar surface area (TPSA) is 17.8 Å². The van der Waals surface area contributed by atoms with Crippen LogP contribution in [-0.2, 0) is 6.54 Å². The van der Waals surface area contributed by atoms with E-state index in [0.29, 0.717) is 12.1 Å². The molecule has 2 aromatic rings. The smallest absolute Gasteiger partial charge is 0.146 e. The van der Waals surface area contributed by atoms with Crippen molar-refractivity contribution in [2.24, 2.45) is 0 Å². The van der Waals surface area contributed by atoms with Crippen molar-refractivity contribution >= 4 is 11.6 Å². The molecule has 0 N–H and O–H groups in total. The fraction of sp³-hybridized carbons (Fsp3) is 0.182. The third kappa shape index (κ3) is 2.18. The Balaban J connectivity index is 2.28. The molecule has 1 aromatic heterocycles. The van der Waals surface area contributed by atoms with Crippen molar-refractivity contribution in [2.75, 3.05) is 0 Å². The second-order valence-corrected chi connectivity index (χ2v) is 3.81. The van der Waals surface area contributed by atoms with E-state index in [9.17, 15) is 4.39 Å². The van der Waals surface area contributed by atoms with Crippen molar-refractivity contribution in [3.8, 4) is 0 Å². The first kappa shape index (κ1) is 10.2. The monoisotopic (exact) mass is 224 g/mol. The van der Waals surface area contributed by atoms with Gasteiger partial charge in [0.1, 0.15) is 5.82 Å². The summed E-state index contributed by atoms with van der Waals surface area (Å²) >= 11 is 5.69. The molecule has 0 saturated heterocycles. The van der Waals surface area contributed by atoms with Gasteiger partial charge >= 0.3 is 0 Å². The number of rotatable bonds is 2. The van der Waals surface area contributed by atoms with Gasteiger partial charge in [-0.15, -0.1) is 0 Å². The molecule has 0 bridgehead atoms. The molecule has 78 valence electrons. The molecule has 1 aromatic carbocycles. The first-order chi connectivity index (χ1) is 7.16. The Morgan fingerprint density at radius 2 is 2.27 bits per heavy atom. The molecule has 0 saturated carbocycles. The van der Waals surface area contributed by atoms with Gasteiger partial charge in [0.2, 0.25) is 0 Å². The Hall–Kier alpha value is -1.35. The van der Waals surface area contributed by atoms with Crippen molar-refractivity contribution < 1.29 is 4.39 Å². The van der Waals surface area contributed by atoms with Crippen LogP contribution < -0.4 is 0 Å². The third-order valence-corrected chi connectivity index (χ3v) is 2.44. The Bertz CT molecular complexity index is 479. The molecule has 0 aliphatic heterocycles. The molecule has 0 amide bonds. The summed E-state index contributed by atoms with van der Waals surface area (Å²) in [6, 6.07) is 5.00. The van der Waals surface area contributed by atoms with E-state index in [0.717, 1.165) is 5.69 Å². The number of hydrogen-bond donors (Lipinski definition) is 0. The number of aryl methyl sites for hydroxylation is 1. The molecular formula is C11H10ClFN2. The average molecular weight is 225 g/mol. The van der Waals surface area contributed by atoms with Crippen molar-refractivity contribution in [2.45, 2.75) is 13.5 Å². The van der Waals surface area contributed by atoms with Crippen LogP contribution in [-0.4, -0.2) is 9.55 Å². The molecule has 4 heteroatoms. The van der Waals surface area contributed by atoms with E-state index in [1.807, 2.05) is 17.7 Å². The molecule has 0 radical (unpaired) electrons. The normalized spacial score (nSPS) is 10.6. The van der Waals surface area contributed by atoms with Crippen molar-refractivity contribution in [3.05, 3.63) is 52.8 Å². The van der Waals surface area contributed by atoms with Crippen LogP contribution in [0, 0.1) is 12.7 Å². The molecule has 0 aliphatic rings. The lowest BCUT2D eigenvalue weighted by Gasteiger charge is -2.04. The predicted octanol–water partition coefficient (Wildman–Crippen LogP) is 3.03. The van der Waals surface area contributed by atoms with E-state index in [2.05, 4.69) is 4.98 Å². The maximum atomic E-state index is 13.5. The van der Waals surface area contributed by atoms with Gasteiger partial charge in [-0.2, -0.15) is 0 Å². The van der Waals surface area contributed by atoms with E-state index in [1.165, 1.54) is 0 Å². The summed E-state index contributed by atoms with van der Waals surface area (Å²) in [5.74, 6) is -0.356. The fourth-order valence-electron chi connectivity index (χ4n) is 1.43. The van der Waals surface area contributed by atoms with Gasteiger partial charge < -0.3 is 4.57 Å². The number of benzene rings is 1. The summed E-state index contributed by atoms with van der Waals surface area (Å²) in [6.07, 6.45) is 3.54. The maximum absolute atomic E-state index is 13.5. The highest BCUT2D eigenvalue weighted by molar-refractivity contribution is 6.30. The zero-order chi connectivity index (χ0) is 10.8. The van der Waals surface area contributed by atoms with Crippen molar-refractivity contribution in [1.29, 1.82) is 0 Å². The Kier molecular flexibility index (Phi) is 2.73. The summed E-state index contributed by atoms with van der Waals surface area (Å²) in [4.78, 5) is 4.07. The lowest BCUT2D eigenvalue weighted by atomic mass is 10.2. The molecule has 1 heterocycles. The third-order valence-electron chi connectivity index (χ3n) is 2.15. The van der Waals surface area contributed by atoms with Gasteiger partial charge in [0, 0.05) is 11.8 Å². The molecule has 15 heavy (non-hydrogen) atoms. The van der Waals surface area contributed by atoms with Crippen LogP contribution in [0.1, 0.15) is 11.3 Å². The highest BCUT2D eigenvalue weighted by Crippen LogP contribution is 2.18. The first-order valence-corrected chi connectivity index (χ1v) is 4.96. The lowest BCUT2D eigenvalue weighted by Crippen LogP contribution is -1.99. The Labute approximate surface area is 92.3 Å². The molecule has 0 fully saturated rings. The summed E-state index contributed by atoms with van der Waals surface area (Å²) in [5.41, 5.74) is 1.48. The van der Waals surface area contributed by atoms with Gasteiger partial charge in [-0.3, -0.25) is 0 Å². The van der Waals surface area contributed by atoms with Crippen LogP contribution in [0.3, 0.4) is 0 Å². The number of aromatic nitrogens is 2. The minimum Gasteiger partial charge on any atom is -0.333 e. The predicted molar refractivity (Wildman–Crippen MR) is 57.5 cm³/mol. The van der Waals surface area contributed by atoms with E-state index >= 15 is 0 Å². The van der Waals surface area contributed by atoms with Crippen LogP contribution >= 0.6 is 11.6 Å². The first-order valence-electron chi connectivity index (χ1n) is 4.58. The van der Waals surface area contributed by atoms with Gasteiger partial charge in [0.05, 0.1) is 23.6 Å². The molecular weight excluding hydrogens is 215 g/mol. The number of imidazole rings is 1. The Morgan fingerprint density at radius 1 is 1.47 bits per heavy atom.